The predicted octanol–water partition coefficient (Wildman–Crippen LogP) is 16.6. The van der Waals surface area contributed by atoms with Crippen LogP contribution < -0.4 is 22.9 Å². The number of unbranched alkanes of at least 4 members (excludes halogenated alkanes) is 8. The van der Waals surface area contributed by atoms with Gasteiger partial charge in [0, 0.05) is 179 Å². The first-order valence-corrected chi connectivity index (χ1v) is 51.5. The van der Waals surface area contributed by atoms with E-state index in [0.717, 1.165) is 264 Å². The second kappa shape index (κ2) is 53.1. The molecule has 0 aliphatic carbocycles. The van der Waals surface area contributed by atoms with Gasteiger partial charge < -0.3 is 81.5 Å². The molecule has 0 saturated carbocycles. The number of nitrogens with zero attached hydrogens (tertiary/aromatic N) is 12. The molecule has 0 radical (unpaired) electrons. The number of piperazine rings is 4. The third-order valence-electron chi connectivity index (χ3n) is 24.8. The van der Waals surface area contributed by atoms with E-state index in [1.54, 1.807) is 71.3 Å². The van der Waals surface area contributed by atoms with Gasteiger partial charge in [-0.15, -0.1) is 0 Å². The first-order valence-electron chi connectivity index (χ1n) is 48.2. The SMILES string of the molecule is CCCCCC(N)C(=O)N1CCN(C2=Nc3ccc(O)cc3Sc3ccccc32)CC1.CCCCCC(N)C(=O)N1CCN(C2=Nc3ccccc3Sc3ccccc32)CC1.CCCCCC(N)C(=O)OCCOCCN1CCN(C2=Nc3ccc(O)cc3Sc3ccccc32)CC1.CCCCCC(N)C(=O)OCCOCCN1CCN(C2=Nc3ccccc3Sc3ccccc32)CC1. The highest BCUT2D eigenvalue weighted by Crippen LogP contribution is 2.46. The van der Waals surface area contributed by atoms with Crippen molar-refractivity contribution < 1.29 is 48.3 Å². The van der Waals surface area contributed by atoms with Crippen molar-refractivity contribution in [3.63, 3.8) is 0 Å². The summed E-state index contributed by atoms with van der Waals surface area (Å²) in [6, 6.07) is 59.0. The number of fused-ring (bicyclic) bond motifs is 8. The van der Waals surface area contributed by atoms with Gasteiger partial charge in [-0.2, -0.15) is 0 Å². The van der Waals surface area contributed by atoms with Crippen molar-refractivity contribution in [3.05, 3.63) is 204 Å². The number of carbonyl (C=O) groups excluding carboxylic acids is 4. The number of hydrogen-bond acceptors (Lipinski definition) is 28. The molecule has 4 unspecified atom stereocenters. The van der Waals surface area contributed by atoms with Crippen molar-refractivity contribution in [2.45, 2.75) is 194 Å². The summed E-state index contributed by atoms with van der Waals surface area (Å²) in [4.78, 5) is 96.4. The number of rotatable bonds is 32. The molecule has 0 bridgehead atoms. The number of nitrogens with two attached hydrogens (primary N) is 4. The Morgan fingerprint density at radius 2 is 0.582 bits per heavy atom. The van der Waals surface area contributed by atoms with E-state index >= 15 is 0 Å². The zero-order chi connectivity index (χ0) is 93.9. The number of aliphatic imine (C=N–C) groups is 4. The van der Waals surface area contributed by atoms with Gasteiger partial charge in [-0.1, -0.05) is 249 Å². The van der Waals surface area contributed by atoms with Crippen LogP contribution in [0.3, 0.4) is 0 Å². The molecule has 4 atom stereocenters. The highest BCUT2D eigenvalue weighted by Gasteiger charge is 2.34. The third kappa shape index (κ3) is 29.1. The number of benzene rings is 8. The first-order chi connectivity index (χ1) is 65.4. The van der Waals surface area contributed by atoms with E-state index in [2.05, 4.69) is 172 Å². The molecule has 10 N–H and O–H groups in total. The second-order valence-electron chi connectivity index (χ2n) is 34.6. The minimum absolute atomic E-state index is 0.0651. The topological polar surface area (TPSA) is 325 Å². The minimum Gasteiger partial charge on any atom is -0.508 e. The van der Waals surface area contributed by atoms with E-state index in [9.17, 15) is 29.4 Å². The Kier molecular flexibility index (Phi) is 40.2. The number of amidine groups is 4. The van der Waals surface area contributed by atoms with E-state index in [1.165, 1.54) is 25.1 Å². The van der Waals surface area contributed by atoms with Gasteiger partial charge in [-0.25, -0.2) is 20.0 Å². The van der Waals surface area contributed by atoms with E-state index < -0.39 is 18.1 Å². The lowest BCUT2D eigenvalue weighted by molar-refractivity contribution is -0.147. The normalized spacial score (nSPS) is 16.6. The fraction of sp³-hybridized carbons (Fsp3) is 0.462. The van der Waals surface area contributed by atoms with Crippen molar-refractivity contribution >= 4 is 117 Å². The smallest absolute Gasteiger partial charge is 0.322 e. The second-order valence-corrected chi connectivity index (χ2v) is 39.0. The molecule has 8 aromatic rings. The summed E-state index contributed by atoms with van der Waals surface area (Å²) >= 11 is 6.82. The number of para-hydroxylation sites is 2. The summed E-state index contributed by atoms with van der Waals surface area (Å²) in [5.41, 5.74) is 32.4. The quantitative estimate of drug-likeness (QED) is 0.0168. The molecular weight excluding hydrogens is 1760 g/mol. The van der Waals surface area contributed by atoms with Crippen LogP contribution in [-0.2, 0) is 38.1 Å². The number of amides is 2. The largest absolute Gasteiger partial charge is 0.508 e. The standard InChI is InChI=1S/C28H38N4O4S.C28H38N4O3S.C24H30N4O2S.C24H30N4OS/c1-2-3-4-8-23(29)28(34)36-19-18-35-17-16-31-12-14-32(15-13-31)27-22-7-5-6-9-25(22)37-26-20-21(33)10-11-24(26)30-27;1-2-3-4-10-23(29)28(33)35-21-20-34-19-18-31-14-16-32(17-15-31)27-22-9-5-7-12-25(22)36-26-13-8-6-11-24(26)30-27;1-2-3-4-8-19(25)24(30)28-14-12-27(13-15-28)23-18-7-5-6-9-21(18)31-22-16-17(29)10-11-20(22)26-23;1-2-3-4-10-19(25)24(29)28-16-14-27(15-17-28)23-18-9-5-7-12-21(18)30-22-13-8-6-11-20(22)26-23/h5-7,9-11,20,23,33H,2-4,8,12-19,29H2,1H3;5-9,11-13,23H,2-4,10,14-21,29H2,1H3;5-7,9-11,16,19,29H,2-4,8,12-15,25H2,1H3;5-9,11-13,19H,2-4,10,14-17,25H2,1H3. The zero-order valence-electron chi connectivity index (χ0n) is 78.4. The van der Waals surface area contributed by atoms with E-state index in [0.29, 0.717) is 65.4 Å². The number of carbonyl (C=O) groups is 4. The van der Waals surface area contributed by atoms with Crippen LogP contribution in [0.1, 0.15) is 153 Å². The molecule has 8 aliphatic heterocycles. The maximum absolute atomic E-state index is 12.7. The average molecular weight is 1900 g/mol. The van der Waals surface area contributed by atoms with Crippen LogP contribution in [0.4, 0.5) is 22.7 Å². The maximum atomic E-state index is 12.7. The van der Waals surface area contributed by atoms with Crippen molar-refractivity contribution in [2.75, 3.05) is 157 Å². The summed E-state index contributed by atoms with van der Waals surface area (Å²) in [7, 11) is 0. The number of phenols is 2. The van der Waals surface area contributed by atoms with E-state index in [1.807, 2.05) is 52.3 Å². The lowest BCUT2D eigenvalue weighted by Crippen LogP contribution is -2.54. The van der Waals surface area contributed by atoms with Crippen molar-refractivity contribution in [2.24, 2.45) is 42.9 Å². The van der Waals surface area contributed by atoms with Crippen LogP contribution in [0.5, 0.6) is 11.5 Å². The predicted molar refractivity (Wildman–Crippen MR) is 541 cm³/mol. The number of esters is 2. The lowest BCUT2D eigenvalue weighted by atomic mass is 10.1. The Hall–Kier alpha value is -9.80. The molecule has 134 heavy (non-hydrogen) atoms. The number of aromatic hydroxyl groups is 2. The Bertz CT molecular complexity index is 5270. The number of ether oxygens (including phenoxy) is 4. The van der Waals surface area contributed by atoms with Gasteiger partial charge in [0.05, 0.1) is 61.3 Å². The van der Waals surface area contributed by atoms with Gasteiger partial charge in [-0.05, 0) is 111 Å². The van der Waals surface area contributed by atoms with Gasteiger partial charge in [-0.3, -0.25) is 29.0 Å². The highest BCUT2D eigenvalue weighted by atomic mass is 32.2. The van der Waals surface area contributed by atoms with E-state index in [-0.39, 0.29) is 54.5 Å². The summed E-state index contributed by atoms with van der Waals surface area (Å²) in [5, 5.41) is 19.9. The third-order valence-corrected chi connectivity index (χ3v) is 29.3. The van der Waals surface area contributed by atoms with Crippen LogP contribution in [0.15, 0.2) is 241 Å². The summed E-state index contributed by atoms with van der Waals surface area (Å²) < 4.78 is 21.9. The summed E-state index contributed by atoms with van der Waals surface area (Å²) in [5.74, 6) is 3.96. The van der Waals surface area contributed by atoms with Crippen LogP contribution in [0.2, 0.25) is 0 Å². The first kappa shape index (κ1) is 102. The Balaban J connectivity index is 0.000000152. The lowest BCUT2D eigenvalue weighted by Gasteiger charge is -2.37. The molecule has 16 rings (SSSR count). The summed E-state index contributed by atoms with van der Waals surface area (Å²) in [6.07, 6.45) is 15.7. The van der Waals surface area contributed by atoms with Crippen molar-refractivity contribution in [1.82, 2.24) is 39.2 Å². The molecule has 8 aliphatic rings. The molecule has 716 valence electrons. The van der Waals surface area contributed by atoms with Gasteiger partial charge in [0.1, 0.15) is 60.1 Å². The molecule has 0 aromatic heterocycles. The van der Waals surface area contributed by atoms with E-state index in [4.69, 9.17) is 61.9 Å². The zero-order valence-corrected chi connectivity index (χ0v) is 81.6. The molecule has 8 heterocycles. The molecule has 0 spiro atoms. The molecule has 8 aromatic carbocycles. The van der Waals surface area contributed by atoms with Crippen LogP contribution in [-0.4, -0.2) is 278 Å². The van der Waals surface area contributed by atoms with Crippen molar-refractivity contribution in [3.8, 4) is 11.5 Å². The van der Waals surface area contributed by atoms with Crippen LogP contribution in [0, 0.1) is 0 Å². The Morgan fingerprint density at radius 1 is 0.313 bits per heavy atom. The van der Waals surface area contributed by atoms with Gasteiger partial charge in [0.2, 0.25) is 11.8 Å². The number of phenolic OH excluding ortho intramolecular Hbond substituents is 2. The molecule has 26 nitrogen and oxygen atoms in total. The number of hydrogen-bond donors (Lipinski definition) is 6. The molecule has 2 amide bonds. The molecule has 4 fully saturated rings. The Labute approximate surface area is 808 Å². The van der Waals surface area contributed by atoms with Crippen molar-refractivity contribution in [1.29, 1.82) is 0 Å². The highest BCUT2D eigenvalue weighted by molar-refractivity contribution is 8.00. The monoisotopic (exact) mass is 1900 g/mol. The minimum atomic E-state index is -0.535. The average Bonchev–Trinajstić information content (AvgIpc) is 1.64. The van der Waals surface area contributed by atoms with Crippen LogP contribution >= 0.6 is 47.0 Å². The fourth-order valence-corrected chi connectivity index (χ4v) is 21.1. The van der Waals surface area contributed by atoms with Gasteiger partial charge >= 0.3 is 11.9 Å². The molecule has 30 heteroatoms. The fourth-order valence-electron chi connectivity index (χ4n) is 17.0. The van der Waals surface area contributed by atoms with Gasteiger partial charge in [0.25, 0.3) is 0 Å². The summed E-state index contributed by atoms with van der Waals surface area (Å²) in [6.45, 7) is 25.8. The van der Waals surface area contributed by atoms with Crippen LogP contribution in [0.25, 0.3) is 0 Å². The Morgan fingerprint density at radius 3 is 0.896 bits per heavy atom. The maximum Gasteiger partial charge on any atom is 0.322 e. The molecule has 4 saturated heterocycles. The molecular formula is C104H136N16O10S4. The van der Waals surface area contributed by atoms with Gasteiger partial charge in [0.15, 0.2) is 0 Å².